The molecule has 0 unspecified atom stereocenters. The maximum absolute atomic E-state index is 11.8. The SMILES string of the molecule is CC#C[C@@H]1CC[C@H]2[C@@H]3CCC4=CC(=O)CCC4=C3CC[C@]12CCCC. The van der Waals surface area contributed by atoms with E-state index in [0.717, 1.165) is 31.1 Å². The molecule has 0 spiro atoms. The summed E-state index contributed by atoms with van der Waals surface area (Å²) in [6.07, 6.45) is 15.5. The van der Waals surface area contributed by atoms with Gasteiger partial charge in [-0.15, -0.1) is 5.92 Å². The molecule has 0 amide bonds. The molecule has 134 valence electrons. The van der Waals surface area contributed by atoms with E-state index in [0.29, 0.717) is 17.1 Å². The Morgan fingerprint density at radius 1 is 1.16 bits per heavy atom. The number of fused-ring (bicyclic) bond motifs is 4. The highest BCUT2D eigenvalue weighted by Gasteiger charge is 2.55. The molecule has 4 aliphatic rings. The van der Waals surface area contributed by atoms with Crippen molar-refractivity contribution in [2.45, 2.75) is 84.5 Å². The van der Waals surface area contributed by atoms with Crippen molar-refractivity contribution in [3.8, 4) is 11.8 Å². The lowest BCUT2D eigenvalue weighted by molar-refractivity contribution is -0.114. The van der Waals surface area contributed by atoms with E-state index in [1.54, 1.807) is 11.1 Å². The van der Waals surface area contributed by atoms with E-state index < -0.39 is 0 Å². The maximum Gasteiger partial charge on any atom is 0.156 e. The van der Waals surface area contributed by atoms with Gasteiger partial charge in [-0.25, -0.2) is 0 Å². The van der Waals surface area contributed by atoms with Crippen LogP contribution >= 0.6 is 0 Å². The van der Waals surface area contributed by atoms with Crippen LogP contribution in [0.2, 0.25) is 0 Å². The Labute approximate surface area is 153 Å². The Morgan fingerprint density at radius 2 is 2.04 bits per heavy atom. The molecule has 0 bridgehead atoms. The van der Waals surface area contributed by atoms with Crippen LogP contribution in [0, 0.1) is 35.0 Å². The van der Waals surface area contributed by atoms with Crippen LogP contribution in [-0.2, 0) is 4.79 Å². The van der Waals surface area contributed by atoms with Crippen LogP contribution in [0.25, 0.3) is 0 Å². The lowest BCUT2D eigenvalue weighted by Gasteiger charge is -2.50. The highest BCUT2D eigenvalue weighted by molar-refractivity contribution is 5.93. The molecule has 0 saturated heterocycles. The van der Waals surface area contributed by atoms with Crippen molar-refractivity contribution in [2.75, 3.05) is 0 Å². The quantitative estimate of drug-likeness (QED) is 0.577. The van der Waals surface area contributed by atoms with Crippen molar-refractivity contribution in [1.29, 1.82) is 0 Å². The molecule has 2 fully saturated rings. The molecular formula is C24H32O. The minimum atomic E-state index is 0.352. The predicted molar refractivity (Wildman–Crippen MR) is 103 cm³/mol. The smallest absolute Gasteiger partial charge is 0.156 e. The summed E-state index contributed by atoms with van der Waals surface area (Å²) in [5, 5.41) is 0. The van der Waals surface area contributed by atoms with Crippen molar-refractivity contribution in [3.63, 3.8) is 0 Å². The van der Waals surface area contributed by atoms with E-state index in [2.05, 4.69) is 18.8 Å². The van der Waals surface area contributed by atoms with Gasteiger partial charge in [0.05, 0.1) is 0 Å². The fraction of sp³-hybridized carbons (Fsp3) is 0.708. The second kappa shape index (κ2) is 6.79. The summed E-state index contributed by atoms with van der Waals surface area (Å²) in [7, 11) is 0. The van der Waals surface area contributed by atoms with Crippen molar-refractivity contribution in [2.24, 2.45) is 23.2 Å². The molecule has 25 heavy (non-hydrogen) atoms. The molecular weight excluding hydrogens is 304 g/mol. The number of hydrogen-bond donors (Lipinski definition) is 0. The van der Waals surface area contributed by atoms with Crippen molar-refractivity contribution >= 4 is 5.78 Å². The average Bonchev–Trinajstić information content (AvgIpc) is 2.98. The number of rotatable bonds is 3. The summed E-state index contributed by atoms with van der Waals surface area (Å²) in [5.74, 6) is 9.50. The van der Waals surface area contributed by atoms with Crippen LogP contribution in [0.1, 0.15) is 84.5 Å². The molecule has 0 N–H and O–H groups in total. The molecule has 0 aliphatic heterocycles. The zero-order valence-electron chi connectivity index (χ0n) is 16.0. The Balaban J connectivity index is 1.70. The van der Waals surface area contributed by atoms with E-state index in [1.165, 1.54) is 56.9 Å². The Kier molecular flexibility index (Phi) is 4.65. The highest BCUT2D eigenvalue weighted by atomic mass is 16.1. The van der Waals surface area contributed by atoms with E-state index >= 15 is 0 Å². The molecule has 4 atom stereocenters. The monoisotopic (exact) mass is 336 g/mol. The van der Waals surface area contributed by atoms with Gasteiger partial charge in [-0.2, -0.15) is 0 Å². The second-order valence-corrected chi connectivity index (χ2v) is 8.75. The third-order valence-corrected chi connectivity index (χ3v) is 7.76. The molecule has 0 radical (unpaired) electrons. The predicted octanol–water partition coefficient (Wildman–Crippen LogP) is 6.00. The second-order valence-electron chi connectivity index (χ2n) is 8.75. The summed E-state index contributed by atoms with van der Waals surface area (Å²) in [6.45, 7) is 4.35. The van der Waals surface area contributed by atoms with Crippen LogP contribution in [0.4, 0.5) is 0 Å². The van der Waals surface area contributed by atoms with E-state index in [-0.39, 0.29) is 0 Å². The average molecular weight is 337 g/mol. The van der Waals surface area contributed by atoms with Crippen LogP contribution in [0.3, 0.4) is 0 Å². The van der Waals surface area contributed by atoms with E-state index in [4.69, 9.17) is 0 Å². The lowest BCUT2D eigenvalue weighted by atomic mass is 9.54. The summed E-state index contributed by atoms with van der Waals surface area (Å²) >= 11 is 0. The van der Waals surface area contributed by atoms with Gasteiger partial charge in [-0.1, -0.05) is 31.3 Å². The number of carbonyl (C=O) groups excluding carboxylic acids is 1. The minimum Gasteiger partial charge on any atom is -0.295 e. The fourth-order valence-electron chi connectivity index (χ4n) is 6.73. The molecule has 0 heterocycles. The first kappa shape index (κ1) is 17.1. The van der Waals surface area contributed by atoms with Gasteiger partial charge in [0.25, 0.3) is 0 Å². The van der Waals surface area contributed by atoms with Crippen LogP contribution in [-0.4, -0.2) is 5.78 Å². The van der Waals surface area contributed by atoms with Gasteiger partial charge in [0.15, 0.2) is 5.78 Å². The summed E-state index contributed by atoms with van der Waals surface area (Å²) in [6, 6.07) is 0. The number of hydrogen-bond acceptors (Lipinski definition) is 1. The van der Waals surface area contributed by atoms with E-state index in [9.17, 15) is 4.79 Å². The van der Waals surface area contributed by atoms with Crippen molar-refractivity contribution in [3.05, 3.63) is 22.8 Å². The first-order valence-electron chi connectivity index (χ1n) is 10.6. The summed E-state index contributed by atoms with van der Waals surface area (Å²) in [5.41, 5.74) is 5.24. The lowest BCUT2D eigenvalue weighted by Crippen LogP contribution is -2.42. The Bertz CT molecular complexity index is 683. The van der Waals surface area contributed by atoms with Crippen molar-refractivity contribution in [1.82, 2.24) is 0 Å². The number of allylic oxidation sites excluding steroid dienone is 4. The fourth-order valence-corrected chi connectivity index (χ4v) is 6.73. The number of carbonyl (C=O) groups is 1. The molecule has 1 nitrogen and oxygen atoms in total. The van der Waals surface area contributed by atoms with Gasteiger partial charge in [-0.05, 0) is 92.8 Å². The zero-order chi connectivity index (χ0) is 17.4. The minimum absolute atomic E-state index is 0.352. The first-order chi connectivity index (χ1) is 12.2. The summed E-state index contributed by atoms with van der Waals surface area (Å²) in [4.78, 5) is 11.8. The van der Waals surface area contributed by atoms with Gasteiger partial charge < -0.3 is 0 Å². The Hall–Kier alpha value is -1.29. The van der Waals surface area contributed by atoms with Crippen molar-refractivity contribution < 1.29 is 4.79 Å². The molecule has 0 aromatic rings. The third kappa shape index (κ3) is 2.73. The van der Waals surface area contributed by atoms with Gasteiger partial charge in [-0.3, -0.25) is 4.79 Å². The normalized spacial score (nSPS) is 36.8. The van der Waals surface area contributed by atoms with Crippen LogP contribution < -0.4 is 0 Å². The first-order valence-corrected chi connectivity index (χ1v) is 10.6. The molecule has 1 heteroatoms. The van der Waals surface area contributed by atoms with Crippen LogP contribution in [0.15, 0.2) is 22.8 Å². The van der Waals surface area contributed by atoms with Gasteiger partial charge >= 0.3 is 0 Å². The van der Waals surface area contributed by atoms with Crippen LogP contribution in [0.5, 0.6) is 0 Å². The number of ketones is 1. The molecule has 2 saturated carbocycles. The maximum atomic E-state index is 11.8. The molecule has 0 aromatic carbocycles. The molecule has 0 aromatic heterocycles. The zero-order valence-corrected chi connectivity index (χ0v) is 16.0. The topological polar surface area (TPSA) is 17.1 Å². The molecule has 4 rings (SSSR count). The van der Waals surface area contributed by atoms with E-state index in [1.807, 2.05) is 13.0 Å². The molecule has 4 aliphatic carbocycles. The van der Waals surface area contributed by atoms with Gasteiger partial charge in [0.1, 0.15) is 0 Å². The van der Waals surface area contributed by atoms with Gasteiger partial charge in [0.2, 0.25) is 0 Å². The number of unbranched alkanes of at least 4 members (excludes halogenated alkanes) is 1. The highest BCUT2D eigenvalue weighted by Crippen LogP contribution is 2.64. The standard InChI is InChI=1S/C24H32O/c1-3-5-14-24-15-13-21-20-11-9-19(25)16-17(20)7-10-22(21)23(24)12-8-18(24)6-4-2/h16,18,22-23H,3,5,7-15H2,1-2H3/t18-,22-,23+,24-/m1/s1. The third-order valence-electron chi connectivity index (χ3n) is 7.76. The Morgan fingerprint density at radius 3 is 2.84 bits per heavy atom. The summed E-state index contributed by atoms with van der Waals surface area (Å²) < 4.78 is 0. The largest absolute Gasteiger partial charge is 0.295 e. The van der Waals surface area contributed by atoms with Gasteiger partial charge in [0, 0.05) is 12.3 Å².